The van der Waals surface area contributed by atoms with Gasteiger partial charge in [0.25, 0.3) is 0 Å². The molecular formula is C10H20N2. The Bertz CT molecular complexity index is 148. The van der Waals surface area contributed by atoms with Gasteiger partial charge in [-0.3, -0.25) is 4.90 Å². The summed E-state index contributed by atoms with van der Waals surface area (Å²) in [6, 6.07) is 1.25. The number of likely N-dealkylation sites (tertiary alicyclic amines) is 1. The Hall–Kier alpha value is -0.0800. The molecule has 1 unspecified atom stereocenters. The van der Waals surface area contributed by atoms with Crippen LogP contribution in [0.15, 0.2) is 0 Å². The molecule has 0 spiro atoms. The van der Waals surface area contributed by atoms with Gasteiger partial charge in [0, 0.05) is 25.2 Å². The minimum atomic E-state index is 0.467. The zero-order chi connectivity index (χ0) is 8.55. The molecule has 0 aromatic heterocycles. The number of hydrogen-bond acceptors (Lipinski definition) is 2. The molecule has 1 aliphatic heterocycles. The van der Waals surface area contributed by atoms with E-state index in [1.54, 1.807) is 0 Å². The highest BCUT2D eigenvalue weighted by Gasteiger charge is 2.29. The summed E-state index contributed by atoms with van der Waals surface area (Å²) in [6.45, 7) is 4.62. The highest BCUT2D eigenvalue weighted by atomic mass is 15.2. The quantitative estimate of drug-likeness (QED) is 0.686. The third-order valence-electron chi connectivity index (χ3n) is 3.46. The Morgan fingerprint density at radius 3 is 2.50 bits per heavy atom. The Morgan fingerprint density at radius 2 is 2.08 bits per heavy atom. The molecule has 12 heavy (non-hydrogen) atoms. The minimum Gasteiger partial charge on any atom is -0.325 e. The van der Waals surface area contributed by atoms with Crippen molar-refractivity contribution in [3.63, 3.8) is 0 Å². The van der Waals surface area contributed by atoms with E-state index in [0.717, 1.165) is 25.0 Å². The van der Waals surface area contributed by atoms with E-state index >= 15 is 0 Å². The van der Waals surface area contributed by atoms with Crippen LogP contribution in [0, 0.1) is 5.92 Å². The van der Waals surface area contributed by atoms with Gasteiger partial charge in [0.05, 0.1) is 0 Å². The van der Waals surface area contributed by atoms with Crippen LogP contribution in [0.3, 0.4) is 0 Å². The largest absolute Gasteiger partial charge is 0.325 e. The highest BCUT2D eigenvalue weighted by molar-refractivity contribution is 4.87. The zero-order valence-electron chi connectivity index (χ0n) is 8.00. The van der Waals surface area contributed by atoms with Gasteiger partial charge in [-0.1, -0.05) is 19.3 Å². The highest BCUT2D eigenvalue weighted by Crippen LogP contribution is 2.32. The van der Waals surface area contributed by atoms with E-state index in [4.69, 9.17) is 5.73 Å². The van der Waals surface area contributed by atoms with Gasteiger partial charge in [-0.05, 0) is 19.3 Å². The fourth-order valence-corrected chi connectivity index (χ4v) is 2.27. The van der Waals surface area contributed by atoms with E-state index in [1.807, 2.05) is 0 Å². The maximum atomic E-state index is 5.74. The van der Waals surface area contributed by atoms with E-state index in [9.17, 15) is 0 Å². The summed E-state index contributed by atoms with van der Waals surface area (Å²) in [5.41, 5.74) is 5.74. The lowest BCUT2D eigenvalue weighted by molar-refractivity contribution is 0.0777. The van der Waals surface area contributed by atoms with Gasteiger partial charge in [0.15, 0.2) is 0 Å². The molecule has 0 radical (unpaired) electrons. The lowest BCUT2D eigenvalue weighted by atomic mass is 9.80. The lowest BCUT2D eigenvalue weighted by Crippen LogP contribution is -2.59. The molecule has 2 heteroatoms. The predicted octanol–water partition coefficient (Wildman–Crippen LogP) is 1.21. The SMILES string of the molecule is CC(CC1CCC1)N1CC(N)C1. The minimum absolute atomic E-state index is 0.467. The van der Waals surface area contributed by atoms with E-state index in [2.05, 4.69) is 11.8 Å². The third-order valence-corrected chi connectivity index (χ3v) is 3.46. The fourth-order valence-electron chi connectivity index (χ4n) is 2.27. The maximum absolute atomic E-state index is 5.74. The normalized spacial score (nSPS) is 29.5. The second-order valence-corrected chi connectivity index (χ2v) is 4.60. The van der Waals surface area contributed by atoms with Crippen molar-refractivity contribution < 1.29 is 0 Å². The van der Waals surface area contributed by atoms with Gasteiger partial charge in [-0.2, -0.15) is 0 Å². The fraction of sp³-hybridized carbons (Fsp3) is 1.00. The summed E-state index contributed by atoms with van der Waals surface area (Å²) < 4.78 is 0. The molecule has 1 saturated carbocycles. The van der Waals surface area contributed by atoms with E-state index in [1.165, 1.54) is 25.7 Å². The molecule has 0 aromatic carbocycles. The summed E-state index contributed by atoms with van der Waals surface area (Å²) in [5.74, 6) is 1.04. The summed E-state index contributed by atoms with van der Waals surface area (Å²) in [7, 11) is 0. The number of rotatable bonds is 3. The summed E-state index contributed by atoms with van der Waals surface area (Å²) in [4.78, 5) is 2.52. The number of nitrogens with zero attached hydrogens (tertiary/aromatic N) is 1. The smallest absolute Gasteiger partial charge is 0.0297 e. The second-order valence-electron chi connectivity index (χ2n) is 4.60. The molecule has 1 aliphatic carbocycles. The van der Waals surface area contributed by atoms with Crippen LogP contribution in [0.5, 0.6) is 0 Å². The van der Waals surface area contributed by atoms with Gasteiger partial charge in [0.2, 0.25) is 0 Å². The number of hydrogen-bond donors (Lipinski definition) is 1. The molecule has 1 heterocycles. The first-order chi connectivity index (χ1) is 5.75. The molecule has 70 valence electrons. The van der Waals surface area contributed by atoms with Crippen molar-refractivity contribution in [1.29, 1.82) is 0 Å². The van der Waals surface area contributed by atoms with Crippen molar-refractivity contribution in [2.24, 2.45) is 11.7 Å². The molecule has 1 atom stereocenters. The third kappa shape index (κ3) is 1.64. The van der Waals surface area contributed by atoms with Crippen molar-refractivity contribution in [2.75, 3.05) is 13.1 Å². The Kier molecular flexibility index (Phi) is 2.37. The van der Waals surface area contributed by atoms with Crippen LogP contribution in [0.1, 0.15) is 32.6 Å². The van der Waals surface area contributed by atoms with Crippen molar-refractivity contribution >= 4 is 0 Å². The van der Waals surface area contributed by atoms with Crippen LogP contribution in [0.4, 0.5) is 0 Å². The van der Waals surface area contributed by atoms with Crippen molar-refractivity contribution in [3.05, 3.63) is 0 Å². The summed E-state index contributed by atoms with van der Waals surface area (Å²) in [6.07, 6.45) is 5.83. The molecule has 0 bridgehead atoms. The predicted molar refractivity (Wildman–Crippen MR) is 51.0 cm³/mol. The molecule has 2 rings (SSSR count). The molecule has 1 saturated heterocycles. The van der Waals surface area contributed by atoms with Gasteiger partial charge in [-0.15, -0.1) is 0 Å². The van der Waals surface area contributed by atoms with Crippen LogP contribution < -0.4 is 5.73 Å². The molecular weight excluding hydrogens is 148 g/mol. The Balaban J connectivity index is 1.66. The summed E-state index contributed by atoms with van der Waals surface area (Å²) >= 11 is 0. The van der Waals surface area contributed by atoms with Crippen molar-refractivity contribution in [3.8, 4) is 0 Å². The van der Waals surface area contributed by atoms with Gasteiger partial charge in [0.1, 0.15) is 0 Å². The molecule has 2 fully saturated rings. The molecule has 2 N–H and O–H groups in total. The second kappa shape index (κ2) is 3.35. The molecule has 0 aromatic rings. The summed E-state index contributed by atoms with van der Waals surface area (Å²) in [5, 5.41) is 0. The molecule has 2 aliphatic rings. The maximum Gasteiger partial charge on any atom is 0.0297 e. The number of nitrogens with two attached hydrogens (primary N) is 1. The average molecular weight is 168 g/mol. The standard InChI is InChI=1S/C10H20N2/c1-8(5-9-3-2-4-9)12-6-10(11)7-12/h8-10H,2-7,11H2,1H3. The first-order valence-electron chi connectivity index (χ1n) is 5.25. The topological polar surface area (TPSA) is 29.3 Å². The monoisotopic (exact) mass is 168 g/mol. The Morgan fingerprint density at radius 1 is 1.42 bits per heavy atom. The van der Waals surface area contributed by atoms with Gasteiger partial charge < -0.3 is 5.73 Å². The zero-order valence-corrected chi connectivity index (χ0v) is 8.00. The van der Waals surface area contributed by atoms with Gasteiger partial charge >= 0.3 is 0 Å². The average Bonchev–Trinajstić information content (AvgIpc) is 1.90. The van der Waals surface area contributed by atoms with E-state index < -0.39 is 0 Å². The van der Waals surface area contributed by atoms with Crippen molar-refractivity contribution in [2.45, 2.75) is 44.7 Å². The molecule has 2 nitrogen and oxygen atoms in total. The van der Waals surface area contributed by atoms with Crippen LogP contribution in [0.2, 0.25) is 0 Å². The van der Waals surface area contributed by atoms with Crippen LogP contribution in [-0.2, 0) is 0 Å². The Labute approximate surface area is 75.1 Å². The lowest BCUT2D eigenvalue weighted by Gasteiger charge is -2.43. The first-order valence-corrected chi connectivity index (χ1v) is 5.25. The molecule has 0 amide bonds. The van der Waals surface area contributed by atoms with E-state index in [0.29, 0.717) is 6.04 Å². The van der Waals surface area contributed by atoms with Gasteiger partial charge in [-0.25, -0.2) is 0 Å². The van der Waals surface area contributed by atoms with Crippen molar-refractivity contribution in [1.82, 2.24) is 4.90 Å². The van der Waals surface area contributed by atoms with Crippen LogP contribution >= 0.6 is 0 Å². The first kappa shape index (κ1) is 8.52. The van der Waals surface area contributed by atoms with Crippen LogP contribution in [-0.4, -0.2) is 30.1 Å². The van der Waals surface area contributed by atoms with Crippen LogP contribution in [0.25, 0.3) is 0 Å². The van der Waals surface area contributed by atoms with E-state index in [-0.39, 0.29) is 0 Å².